The molecule has 0 fully saturated rings. The van der Waals surface area contributed by atoms with E-state index >= 15 is 0 Å². The highest BCUT2D eigenvalue weighted by Gasteiger charge is 2.28. The van der Waals surface area contributed by atoms with Gasteiger partial charge in [0.2, 0.25) is 10.5 Å². The molecule has 0 bridgehead atoms. The van der Waals surface area contributed by atoms with Crippen LogP contribution in [-0.2, 0) is 0 Å². The van der Waals surface area contributed by atoms with Gasteiger partial charge in [0.05, 0.1) is 5.39 Å². The molecule has 4 rings (SSSR count). The number of aromatic nitrogens is 1. The molecule has 0 unspecified atom stereocenters. The Morgan fingerprint density at radius 2 is 1.44 bits per heavy atom. The molecule has 1 heterocycles. The summed E-state index contributed by atoms with van der Waals surface area (Å²) in [6.07, 6.45) is 0. The summed E-state index contributed by atoms with van der Waals surface area (Å²) in [4.78, 5) is 0. The Morgan fingerprint density at radius 3 is 2.08 bits per heavy atom. The quantitative estimate of drug-likeness (QED) is 0.363. The van der Waals surface area contributed by atoms with E-state index in [0.717, 1.165) is 0 Å². The van der Waals surface area contributed by atoms with Crippen molar-refractivity contribution in [3.05, 3.63) is 65.7 Å². The molecular weight excluding hydrogens is 322 g/mol. The van der Waals surface area contributed by atoms with Gasteiger partial charge in [0.25, 0.3) is 0 Å². The van der Waals surface area contributed by atoms with E-state index in [-0.39, 0.29) is 0 Å². The van der Waals surface area contributed by atoms with Gasteiger partial charge in [-0.3, -0.25) is 0 Å². The first-order valence-corrected chi connectivity index (χ1v) is 9.84. The molecule has 0 atom stereocenters. The van der Waals surface area contributed by atoms with Crippen LogP contribution in [0.25, 0.3) is 32.1 Å². The van der Waals surface area contributed by atoms with Crippen LogP contribution < -0.4 is 4.57 Å². The Kier molecular flexibility index (Phi) is 4.09. The van der Waals surface area contributed by atoms with Gasteiger partial charge < -0.3 is 0 Å². The van der Waals surface area contributed by atoms with E-state index in [4.69, 9.17) is 0 Å². The minimum atomic E-state index is 0.456. The van der Waals surface area contributed by atoms with Crippen LogP contribution in [0, 0.1) is 0 Å². The molecule has 4 aromatic rings. The van der Waals surface area contributed by atoms with Gasteiger partial charge in [-0.05, 0) is 42.5 Å². The zero-order chi connectivity index (χ0) is 17.6. The van der Waals surface area contributed by atoms with Crippen LogP contribution in [0.1, 0.15) is 44.7 Å². The summed E-state index contributed by atoms with van der Waals surface area (Å²) in [5.74, 6) is 0.527. The SMILES string of the molecule is CC(C)c1sc2cc(-c3ccccc3)c3ccccc3c2[n+]1C(C)C. The Bertz CT molecular complexity index is 1040. The maximum atomic E-state index is 2.54. The van der Waals surface area contributed by atoms with E-state index in [1.165, 1.54) is 37.1 Å². The summed E-state index contributed by atoms with van der Waals surface area (Å²) in [5, 5.41) is 4.15. The Labute approximate surface area is 153 Å². The van der Waals surface area contributed by atoms with Crippen LogP contribution in [0.15, 0.2) is 60.7 Å². The fourth-order valence-corrected chi connectivity index (χ4v) is 5.04. The first kappa shape index (κ1) is 16.3. The van der Waals surface area contributed by atoms with Gasteiger partial charge in [0.1, 0.15) is 4.70 Å². The monoisotopic (exact) mass is 346 g/mol. The molecule has 1 nitrogen and oxygen atoms in total. The predicted octanol–water partition coefficient (Wildman–Crippen LogP) is 6.71. The third-order valence-corrected chi connectivity index (χ3v) is 6.18. The molecule has 0 spiro atoms. The van der Waals surface area contributed by atoms with Crippen LogP contribution in [0.4, 0.5) is 0 Å². The normalized spacial score (nSPS) is 11.9. The fraction of sp³-hybridized carbons (Fsp3) is 0.261. The average Bonchev–Trinajstić information content (AvgIpc) is 3.02. The molecular formula is C23H24NS+. The second kappa shape index (κ2) is 6.27. The Hall–Kier alpha value is -2.19. The first-order valence-electron chi connectivity index (χ1n) is 9.03. The lowest BCUT2D eigenvalue weighted by molar-refractivity contribution is -0.694. The van der Waals surface area contributed by atoms with Crippen molar-refractivity contribution in [2.45, 2.75) is 39.7 Å². The molecule has 126 valence electrons. The molecule has 0 radical (unpaired) electrons. The molecule has 3 aromatic carbocycles. The van der Waals surface area contributed by atoms with Crippen LogP contribution in [0.5, 0.6) is 0 Å². The van der Waals surface area contributed by atoms with E-state index in [9.17, 15) is 0 Å². The molecule has 2 heteroatoms. The van der Waals surface area contributed by atoms with Crippen molar-refractivity contribution in [3.63, 3.8) is 0 Å². The maximum Gasteiger partial charge on any atom is 0.241 e. The van der Waals surface area contributed by atoms with Gasteiger partial charge in [-0.15, -0.1) is 0 Å². The van der Waals surface area contributed by atoms with Crippen molar-refractivity contribution in [2.24, 2.45) is 0 Å². The van der Waals surface area contributed by atoms with Gasteiger partial charge in [-0.1, -0.05) is 73.7 Å². The number of hydrogen-bond donors (Lipinski definition) is 0. The van der Waals surface area contributed by atoms with Gasteiger partial charge in [0, 0.05) is 5.92 Å². The molecule has 0 aliphatic heterocycles. The molecule has 25 heavy (non-hydrogen) atoms. The lowest BCUT2D eigenvalue weighted by Crippen LogP contribution is -2.39. The lowest BCUT2D eigenvalue weighted by atomic mass is 9.97. The van der Waals surface area contributed by atoms with Crippen molar-refractivity contribution < 1.29 is 4.57 Å². The highest BCUT2D eigenvalue weighted by molar-refractivity contribution is 7.18. The predicted molar refractivity (Wildman–Crippen MR) is 109 cm³/mol. The van der Waals surface area contributed by atoms with Crippen molar-refractivity contribution in [1.82, 2.24) is 0 Å². The van der Waals surface area contributed by atoms with E-state index in [2.05, 4.69) is 92.9 Å². The molecule has 1 aromatic heterocycles. The third-order valence-electron chi connectivity index (χ3n) is 4.77. The molecule has 0 saturated heterocycles. The molecule has 0 aliphatic rings. The number of nitrogens with zero attached hydrogens (tertiary/aromatic N) is 1. The van der Waals surface area contributed by atoms with E-state index in [1.807, 2.05) is 11.3 Å². The summed E-state index contributed by atoms with van der Waals surface area (Å²) in [7, 11) is 0. The Balaban J connectivity index is 2.17. The average molecular weight is 347 g/mol. The van der Waals surface area contributed by atoms with Gasteiger partial charge in [-0.25, -0.2) is 0 Å². The maximum absolute atomic E-state index is 2.54. The summed E-state index contributed by atoms with van der Waals surface area (Å²) < 4.78 is 3.93. The van der Waals surface area contributed by atoms with Crippen LogP contribution in [0.3, 0.4) is 0 Å². The number of benzene rings is 3. The number of hydrogen-bond acceptors (Lipinski definition) is 1. The van der Waals surface area contributed by atoms with Crippen molar-refractivity contribution in [3.8, 4) is 11.1 Å². The second-order valence-electron chi connectivity index (χ2n) is 7.24. The van der Waals surface area contributed by atoms with Gasteiger partial charge >= 0.3 is 0 Å². The zero-order valence-electron chi connectivity index (χ0n) is 15.3. The first-order chi connectivity index (χ1) is 12.1. The van der Waals surface area contributed by atoms with E-state index < -0.39 is 0 Å². The minimum absolute atomic E-state index is 0.456. The van der Waals surface area contributed by atoms with E-state index in [1.54, 1.807) is 0 Å². The minimum Gasteiger partial charge on any atom is -0.183 e. The highest BCUT2D eigenvalue weighted by Crippen LogP contribution is 2.38. The van der Waals surface area contributed by atoms with Gasteiger partial charge in [0.15, 0.2) is 6.04 Å². The summed E-state index contributed by atoms with van der Waals surface area (Å²) >= 11 is 1.95. The molecule has 0 aliphatic carbocycles. The third kappa shape index (κ3) is 2.65. The second-order valence-corrected chi connectivity index (χ2v) is 8.30. The number of thiazole rings is 1. The smallest absolute Gasteiger partial charge is 0.183 e. The molecule has 0 N–H and O–H groups in total. The van der Waals surface area contributed by atoms with Crippen LogP contribution in [0.2, 0.25) is 0 Å². The zero-order valence-corrected chi connectivity index (χ0v) is 16.1. The summed E-state index contributed by atoms with van der Waals surface area (Å²) in [6.45, 7) is 9.17. The Morgan fingerprint density at radius 1 is 0.800 bits per heavy atom. The van der Waals surface area contributed by atoms with Gasteiger partial charge in [-0.2, -0.15) is 4.57 Å². The lowest BCUT2D eigenvalue weighted by Gasteiger charge is -2.09. The van der Waals surface area contributed by atoms with Crippen LogP contribution in [-0.4, -0.2) is 0 Å². The summed E-state index contributed by atoms with van der Waals surface area (Å²) in [5.41, 5.74) is 4.01. The number of fused-ring (bicyclic) bond motifs is 3. The van der Waals surface area contributed by atoms with Crippen molar-refractivity contribution in [2.75, 3.05) is 0 Å². The highest BCUT2D eigenvalue weighted by atomic mass is 32.1. The van der Waals surface area contributed by atoms with E-state index in [0.29, 0.717) is 12.0 Å². The molecule has 0 saturated carbocycles. The van der Waals surface area contributed by atoms with Crippen molar-refractivity contribution >= 4 is 32.3 Å². The summed E-state index contributed by atoms with van der Waals surface area (Å²) in [6, 6.07) is 22.4. The number of rotatable bonds is 3. The topological polar surface area (TPSA) is 3.88 Å². The largest absolute Gasteiger partial charge is 0.241 e. The fourth-order valence-electron chi connectivity index (χ4n) is 3.70. The standard InChI is InChI=1S/C23H24NS/c1-15(2)23-24(16(3)4)22-19-13-9-8-12-18(19)20(14-21(22)25-23)17-10-6-5-7-11-17/h5-16H,1-4H3/q+1. The van der Waals surface area contributed by atoms with Crippen molar-refractivity contribution in [1.29, 1.82) is 0 Å². The van der Waals surface area contributed by atoms with Crippen LogP contribution >= 0.6 is 11.3 Å². The molecule has 0 amide bonds.